The van der Waals surface area contributed by atoms with E-state index in [2.05, 4.69) is 20.6 Å². The summed E-state index contributed by atoms with van der Waals surface area (Å²) in [6.07, 6.45) is 2.42. The molecule has 0 aliphatic rings. The molecular formula is C22H27IN4O3. The lowest BCUT2D eigenvalue weighted by Crippen LogP contribution is -2.37. The number of guanidine groups is 1. The van der Waals surface area contributed by atoms with E-state index in [4.69, 9.17) is 13.9 Å². The average molecular weight is 522 g/mol. The molecule has 160 valence electrons. The Balaban J connectivity index is 0.00000320. The van der Waals surface area contributed by atoms with Gasteiger partial charge >= 0.3 is 0 Å². The third kappa shape index (κ3) is 6.38. The molecule has 0 atom stereocenters. The Hall–Kier alpha value is -2.75. The molecule has 0 spiro atoms. The van der Waals surface area contributed by atoms with Crippen molar-refractivity contribution in [2.45, 2.75) is 13.0 Å². The van der Waals surface area contributed by atoms with Crippen LogP contribution in [-0.2, 0) is 13.0 Å². The van der Waals surface area contributed by atoms with Crippen molar-refractivity contribution in [1.29, 1.82) is 0 Å². The quantitative estimate of drug-likeness (QED) is 0.266. The molecule has 3 rings (SSSR count). The number of hydrogen-bond donors (Lipinski definition) is 2. The highest BCUT2D eigenvalue weighted by Gasteiger charge is 2.08. The van der Waals surface area contributed by atoms with Crippen LogP contribution in [-0.4, -0.2) is 38.8 Å². The van der Waals surface area contributed by atoms with Gasteiger partial charge in [0.15, 0.2) is 5.96 Å². The number of nitrogens with zero attached hydrogens (tertiary/aromatic N) is 2. The maximum atomic E-state index is 5.57. The fourth-order valence-corrected chi connectivity index (χ4v) is 2.89. The summed E-state index contributed by atoms with van der Waals surface area (Å²) < 4.78 is 16.3. The molecule has 0 radical (unpaired) electrons. The maximum absolute atomic E-state index is 5.57. The number of aromatic nitrogens is 1. The molecule has 2 aromatic carbocycles. The van der Waals surface area contributed by atoms with Crippen LogP contribution in [0.2, 0.25) is 0 Å². The Labute approximate surface area is 193 Å². The second-order valence-corrected chi connectivity index (χ2v) is 6.29. The molecule has 3 aromatic rings. The molecule has 0 saturated carbocycles. The van der Waals surface area contributed by atoms with Crippen LogP contribution in [0.1, 0.15) is 11.3 Å². The van der Waals surface area contributed by atoms with Crippen LogP contribution in [0, 0.1) is 0 Å². The van der Waals surface area contributed by atoms with E-state index in [1.165, 1.54) is 0 Å². The van der Waals surface area contributed by atoms with E-state index in [1.807, 2.05) is 48.5 Å². The van der Waals surface area contributed by atoms with Crippen molar-refractivity contribution >= 4 is 29.9 Å². The predicted molar refractivity (Wildman–Crippen MR) is 129 cm³/mol. The number of halogens is 1. The van der Waals surface area contributed by atoms with E-state index in [-0.39, 0.29) is 24.0 Å². The second-order valence-electron chi connectivity index (χ2n) is 6.29. The monoisotopic (exact) mass is 522 g/mol. The summed E-state index contributed by atoms with van der Waals surface area (Å²) in [4.78, 5) is 8.77. The third-order valence-corrected chi connectivity index (χ3v) is 4.41. The number of nitrogens with one attached hydrogen (secondary N) is 2. The first-order valence-electron chi connectivity index (χ1n) is 9.38. The maximum Gasteiger partial charge on any atom is 0.226 e. The van der Waals surface area contributed by atoms with Crippen molar-refractivity contribution in [2.75, 3.05) is 27.8 Å². The standard InChI is InChI=1S/C22H26N4O3.HI/c1-23-22(24-12-11-17-13-19(27-2)9-10-20(17)28-3)25-14-18-15-29-21(26-18)16-7-5-4-6-8-16;/h4-10,13,15H,11-12,14H2,1-3H3,(H2,23,24,25);1H. The van der Waals surface area contributed by atoms with Gasteiger partial charge in [0.1, 0.15) is 17.8 Å². The lowest BCUT2D eigenvalue weighted by Gasteiger charge is -2.13. The number of ether oxygens (including phenoxy) is 2. The zero-order chi connectivity index (χ0) is 20.5. The molecule has 8 heteroatoms. The van der Waals surface area contributed by atoms with Crippen LogP contribution in [0.5, 0.6) is 11.5 Å². The largest absolute Gasteiger partial charge is 0.497 e. The Morgan fingerprint density at radius 2 is 1.87 bits per heavy atom. The van der Waals surface area contributed by atoms with Gasteiger partial charge < -0.3 is 24.5 Å². The van der Waals surface area contributed by atoms with Crippen LogP contribution in [0.3, 0.4) is 0 Å². The molecule has 0 unspecified atom stereocenters. The van der Waals surface area contributed by atoms with Crippen LogP contribution in [0.25, 0.3) is 11.5 Å². The van der Waals surface area contributed by atoms with E-state index in [0.717, 1.165) is 34.7 Å². The van der Waals surface area contributed by atoms with Crippen molar-refractivity contribution < 1.29 is 13.9 Å². The Kier molecular flexibility index (Phi) is 9.46. The topological polar surface area (TPSA) is 80.9 Å². The molecule has 0 aliphatic heterocycles. The first-order valence-corrected chi connectivity index (χ1v) is 9.38. The summed E-state index contributed by atoms with van der Waals surface area (Å²) in [5.41, 5.74) is 2.83. The minimum absolute atomic E-state index is 0. The summed E-state index contributed by atoms with van der Waals surface area (Å²) in [6.45, 7) is 1.20. The highest BCUT2D eigenvalue weighted by atomic mass is 127. The summed E-state index contributed by atoms with van der Waals surface area (Å²) >= 11 is 0. The second kappa shape index (κ2) is 12.1. The highest BCUT2D eigenvalue weighted by molar-refractivity contribution is 14.0. The predicted octanol–water partition coefficient (Wildman–Crippen LogP) is 3.88. The van der Waals surface area contributed by atoms with Crippen molar-refractivity contribution in [3.8, 4) is 23.0 Å². The summed E-state index contributed by atoms with van der Waals surface area (Å²) in [7, 11) is 5.06. The van der Waals surface area contributed by atoms with E-state index >= 15 is 0 Å². The van der Waals surface area contributed by atoms with E-state index < -0.39 is 0 Å². The van der Waals surface area contributed by atoms with Gasteiger partial charge in [-0.2, -0.15) is 0 Å². The fourth-order valence-electron chi connectivity index (χ4n) is 2.89. The first-order chi connectivity index (χ1) is 14.2. The SMILES string of the molecule is CN=C(NCCc1cc(OC)ccc1OC)NCc1coc(-c2ccccc2)n1.I. The van der Waals surface area contributed by atoms with E-state index in [1.54, 1.807) is 27.5 Å². The number of methoxy groups -OCH3 is 2. The number of aliphatic imine (C=N–C) groups is 1. The minimum atomic E-state index is 0. The Morgan fingerprint density at radius 1 is 1.07 bits per heavy atom. The van der Waals surface area contributed by atoms with Crippen molar-refractivity contribution in [1.82, 2.24) is 15.6 Å². The molecule has 1 aromatic heterocycles. The number of hydrogen-bond acceptors (Lipinski definition) is 5. The number of benzene rings is 2. The lowest BCUT2D eigenvalue weighted by atomic mass is 10.1. The molecule has 0 aliphatic carbocycles. The summed E-state index contributed by atoms with van der Waals surface area (Å²) in [6, 6.07) is 15.6. The van der Waals surface area contributed by atoms with E-state index in [9.17, 15) is 0 Å². The smallest absolute Gasteiger partial charge is 0.226 e. The zero-order valence-corrected chi connectivity index (χ0v) is 19.7. The normalized spacial score (nSPS) is 10.8. The molecule has 7 nitrogen and oxygen atoms in total. The van der Waals surface area contributed by atoms with Crippen molar-refractivity contribution in [3.05, 3.63) is 66.1 Å². The molecular weight excluding hydrogens is 495 g/mol. The molecule has 2 N–H and O–H groups in total. The Bertz CT molecular complexity index is 945. The number of rotatable bonds is 8. The first kappa shape index (κ1) is 23.5. The average Bonchev–Trinajstić information content (AvgIpc) is 3.25. The van der Waals surface area contributed by atoms with Crippen LogP contribution < -0.4 is 20.1 Å². The van der Waals surface area contributed by atoms with Crippen molar-refractivity contribution in [3.63, 3.8) is 0 Å². The van der Waals surface area contributed by atoms with Gasteiger partial charge in [-0.15, -0.1) is 24.0 Å². The Morgan fingerprint density at radius 3 is 2.57 bits per heavy atom. The number of oxazole rings is 1. The van der Waals surface area contributed by atoms with Gasteiger partial charge in [0.2, 0.25) is 5.89 Å². The van der Waals surface area contributed by atoms with E-state index in [0.29, 0.717) is 24.9 Å². The van der Waals surface area contributed by atoms with Crippen molar-refractivity contribution in [2.24, 2.45) is 4.99 Å². The minimum Gasteiger partial charge on any atom is -0.497 e. The molecule has 1 heterocycles. The fraction of sp³-hybridized carbons (Fsp3) is 0.273. The van der Waals surface area contributed by atoms with Gasteiger partial charge in [-0.05, 0) is 42.3 Å². The zero-order valence-electron chi connectivity index (χ0n) is 17.3. The highest BCUT2D eigenvalue weighted by Crippen LogP contribution is 2.24. The van der Waals surface area contributed by atoms with Gasteiger partial charge in [0.05, 0.1) is 26.5 Å². The van der Waals surface area contributed by atoms with Crippen LogP contribution in [0.4, 0.5) is 0 Å². The summed E-state index contributed by atoms with van der Waals surface area (Å²) in [5.74, 6) is 2.95. The molecule has 0 saturated heterocycles. The van der Waals surface area contributed by atoms with Crippen LogP contribution in [0.15, 0.2) is 64.2 Å². The molecule has 30 heavy (non-hydrogen) atoms. The van der Waals surface area contributed by atoms with Crippen LogP contribution >= 0.6 is 24.0 Å². The lowest BCUT2D eigenvalue weighted by molar-refractivity contribution is 0.398. The van der Waals surface area contributed by atoms with Gasteiger partial charge in [-0.25, -0.2) is 4.98 Å². The van der Waals surface area contributed by atoms with Gasteiger partial charge in [0.25, 0.3) is 0 Å². The summed E-state index contributed by atoms with van der Waals surface area (Å²) in [5, 5.41) is 6.55. The van der Waals surface area contributed by atoms with Gasteiger partial charge in [-0.3, -0.25) is 4.99 Å². The molecule has 0 amide bonds. The third-order valence-electron chi connectivity index (χ3n) is 4.41. The van der Waals surface area contributed by atoms with Gasteiger partial charge in [-0.1, -0.05) is 18.2 Å². The van der Waals surface area contributed by atoms with Gasteiger partial charge in [0, 0.05) is 19.2 Å². The molecule has 0 fully saturated rings. The molecule has 0 bridgehead atoms.